The van der Waals surface area contributed by atoms with Crippen molar-refractivity contribution in [2.24, 2.45) is 11.8 Å². The second-order valence-corrected chi connectivity index (χ2v) is 6.20. The fraction of sp³-hybridized carbons (Fsp3) is 0.733. The summed E-state index contributed by atoms with van der Waals surface area (Å²) in [6.45, 7) is 7.52. The van der Waals surface area contributed by atoms with Gasteiger partial charge in [-0.3, -0.25) is 0 Å². The van der Waals surface area contributed by atoms with Crippen LogP contribution in [0.1, 0.15) is 58.2 Å². The summed E-state index contributed by atoms with van der Waals surface area (Å²) in [6.07, 6.45) is 5.36. The Bertz CT molecular complexity index is 409. The molecular weight excluding hydrogens is 236 g/mol. The molecule has 1 fully saturated rings. The number of nitrogens with two attached hydrogens (primary N) is 1. The summed E-state index contributed by atoms with van der Waals surface area (Å²) >= 11 is 0. The van der Waals surface area contributed by atoms with Crippen LogP contribution in [0.15, 0.2) is 6.07 Å². The van der Waals surface area contributed by atoms with Crippen LogP contribution in [-0.4, -0.2) is 16.5 Å². The first-order valence-corrected chi connectivity index (χ1v) is 7.43. The molecule has 1 aromatic rings. The number of nitrogen functional groups attached to an aromatic ring is 1. The lowest BCUT2D eigenvalue weighted by molar-refractivity contribution is 0.300. The molecule has 0 aliphatic heterocycles. The van der Waals surface area contributed by atoms with Crippen molar-refractivity contribution in [3.8, 4) is 0 Å². The van der Waals surface area contributed by atoms with Gasteiger partial charge in [-0.1, -0.05) is 33.6 Å². The Kier molecular flexibility index (Phi) is 4.61. The molecule has 0 radical (unpaired) electrons. The van der Waals surface area contributed by atoms with Crippen LogP contribution < -0.4 is 11.1 Å². The third-order valence-corrected chi connectivity index (χ3v) is 3.99. The zero-order valence-corrected chi connectivity index (χ0v) is 12.3. The van der Waals surface area contributed by atoms with E-state index in [1.54, 1.807) is 0 Å². The molecule has 4 heteroatoms. The van der Waals surface area contributed by atoms with E-state index in [0.717, 1.165) is 30.0 Å². The van der Waals surface area contributed by atoms with Gasteiger partial charge in [-0.2, -0.15) is 0 Å². The maximum atomic E-state index is 5.83. The average molecular weight is 262 g/mol. The smallest absolute Gasteiger partial charge is 0.135 e. The Balaban J connectivity index is 1.92. The van der Waals surface area contributed by atoms with Crippen LogP contribution in [0.2, 0.25) is 0 Å². The van der Waals surface area contributed by atoms with E-state index in [0.29, 0.717) is 11.7 Å². The minimum absolute atomic E-state index is 0.305. The highest BCUT2D eigenvalue weighted by Crippen LogP contribution is 2.28. The van der Waals surface area contributed by atoms with Gasteiger partial charge in [0.1, 0.15) is 17.5 Å². The Morgan fingerprint density at radius 3 is 2.58 bits per heavy atom. The maximum absolute atomic E-state index is 5.83. The van der Waals surface area contributed by atoms with E-state index in [9.17, 15) is 0 Å². The molecule has 0 unspecified atom stereocenters. The second kappa shape index (κ2) is 6.22. The van der Waals surface area contributed by atoms with Crippen LogP contribution in [0.25, 0.3) is 0 Å². The fourth-order valence-corrected chi connectivity index (χ4v) is 2.62. The molecule has 0 bridgehead atoms. The lowest BCUT2D eigenvalue weighted by Gasteiger charge is -2.26. The van der Waals surface area contributed by atoms with Crippen LogP contribution in [0.4, 0.5) is 11.6 Å². The number of anilines is 2. The molecule has 106 valence electrons. The summed E-state index contributed by atoms with van der Waals surface area (Å²) in [5.74, 6) is 4.22. The molecular formula is C15H26N4. The number of hydrogen-bond acceptors (Lipinski definition) is 4. The molecule has 2 rings (SSSR count). The van der Waals surface area contributed by atoms with Crippen molar-refractivity contribution < 1.29 is 0 Å². The standard InChI is InChI=1S/C15H26N4/c1-10(2)15-18-13(16)8-14(19-15)17-9-12-6-4-11(3)5-7-12/h8,10-12H,4-7,9H2,1-3H3,(H3,16,17,18,19). The van der Waals surface area contributed by atoms with Gasteiger partial charge in [-0.15, -0.1) is 0 Å². The van der Waals surface area contributed by atoms with Gasteiger partial charge in [0.2, 0.25) is 0 Å². The van der Waals surface area contributed by atoms with Gasteiger partial charge in [0.15, 0.2) is 0 Å². The molecule has 0 atom stereocenters. The van der Waals surface area contributed by atoms with E-state index in [-0.39, 0.29) is 0 Å². The molecule has 3 N–H and O–H groups in total. The van der Waals surface area contributed by atoms with Crippen molar-refractivity contribution in [1.82, 2.24) is 9.97 Å². The van der Waals surface area contributed by atoms with Crippen LogP contribution >= 0.6 is 0 Å². The van der Waals surface area contributed by atoms with E-state index >= 15 is 0 Å². The number of hydrogen-bond donors (Lipinski definition) is 2. The van der Waals surface area contributed by atoms with Gasteiger partial charge in [0, 0.05) is 18.5 Å². The third-order valence-electron chi connectivity index (χ3n) is 3.99. The minimum Gasteiger partial charge on any atom is -0.384 e. The lowest BCUT2D eigenvalue weighted by atomic mass is 9.83. The van der Waals surface area contributed by atoms with Crippen LogP contribution in [0, 0.1) is 11.8 Å². The van der Waals surface area contributed by atoms with Crippen LogP contribution in [-0.2, 0) is 0 Å². The van der Waals surface area contributed by atoms with E-state index in [1.165, 1.54) is 25.7 Å². The predicted octanol–water partition coefficient (Wildman–Crippen LogP) is 3.42. The monoisotopic (exact) mass is 262 g/mol. The van der Waals surface area contributed by atoms with Gasteiger partial charge in [0.05, 0.1) is 0 Å². The lowest BCUT2D eigenvalue weighted by Crippen LogP contribution is -2.21. The molecule has 1 aromatic heterocycles. The summed E-state index contributed by atoms with van der Waals surface area (Å²) in [7, 11) is 0. The molecule has 1 heterocycles. The summed E-state index contributed by atoms with van der Waals surface area (Å²) in [5, 5.41) is 3.43. The first kappa shape index (κ1) is 14.1. The van der Waals surface area contributed by atoms with Gasteiger partial charge < -0.3 is 11.1 Å². The molecule has 0 amide bonds. The summed E-state index contributed by atoms with van der Waals surface area (Å²) in [6, 6.07) is 1.83. The van der Waals surface area contributed by atoms with Crippen molar-refractivity contribution in [3.63, 3.8) is 0 Å². The van der Waals surface area contributed by atoms with Gasteiger partial charge in [-0.25, -0.2) is 9.97 Å². The predicted molar refractivity (Wildman–Crippen MR) is 80.1 cm³/mol. The number of nitrogens with one attached hydrogen (secondary N) is 1. The van der Waals surface area contributed by atoms with E-state index in [2.05, 4.69) is 36.1 Å². The van der Waals surface area contributed by atoms with E-state index in [1.807, 2.05) is 6.07 Å². The van der Waals surface area contributed by atoms with Crippen LogP contribution in [0.3, 0.4) is 0 Å². The average Bonchev–Trinajstić information content (AvgIpc) is 2.37. The molecule has 0 aromatic carbocycles. The van der Waals surface area contributed by atoms with Crippen molar-refractivity contribution in [1.29, 1.82) is 0 Å². The molecule has 0 saturated heterocycles. The Morgan fingerprint density at radius 1 is 1.26 bits per heavy atom. The minimum atomic E-state index is 0.305. The molecule has 1 saturated carbocycles. The van der Waals surface area contributed by atoms with E-state index in [4.69, 9.17) is 5.73 Å². The van der Waals surface area contributed by atoms with Crippen LogP contribution in [0.5, 0.6) is 0 Å². The van der Waals surface area contributed by atoms with E-state index < -0.39 is 0 Å². The van der Waals surface area contributed by atoms with Gasteiger partial charge in [-0.05, 0) is 24.7 Å². The van der Waals surface area contributed by atoms with Crippen molar-refractivity contribution in [2.45, 2.75) is 52.4 Å². The third kappa shape index (κ3) is 4.08. The summed E-state index contributed by atoms with van der Waals surface area (Å²) in [5.41, 5.74) is 5.83. The first-order valence-electron chi connectivity index (χ1n) is 7.43. The zero-order chi connectivity index (χ0) is 13.8. The molecule has 19 heavy (non-hydrogen) atoms. The Hall–Kier alpha value is -1.32. The van der Waals surface area contributed by atoms with Crippen molar-refractivity contribution in [2.75, 3.05) is 17.6 Å². The first-order chi connectivity index (χ1) is 9.04. The van der Waals surface area contributed by atoms with Crippen molar-refractivity contribution >= 4 is 11.6 Å². The highest BCUT2D eigenvalue weighted by molar-refractivity contribution is 5.44. The Labute approximate surface area is 116 Å². The molecule has 1 aliphatic carbocycles. The number of nitrogens with zero attached hydrogens (tertiary/aromatic N) is 2. The summed E-state index contributed by atoms with van der Waals surface area (Å²) in [4.78, 5) is 8.79. The Morgan fingerprint density at radius 2 is 1.95 bits per heavy atom. The number of rotatable bonds is 4. The normalized spacial score (nSPS) is 23.6. The second-order valence-electron chi connectivity index (χ2n) is 6.20. The molecule has 4 nitrogen and oxygen atoms in total. The fourth-order valence-electron chi connectivity index (χ4n) is 2.62. The highest BCUT2D eigenvalue weighted by atomic mass is 15.1. The number of aromatic nitrogens is 2. The maximum Gasteiger partial charge on any atom is 0.135 e. The largest absolute Gasteiger partial charge is 0.384 e. The zero-order valence-electron chi connectivity index (χ0n) is 12.3. The van der Waals surface area contributed by atoms with Gasteiger partial charge in [0.25, 0.3) is 0 Å². The van der Waals surface area contributed by atoms with Crippen molar-refractivity contribution in [3.05, 3.63) is 11.9 Å². The molecule has 1 aliphatic rings. The SMILES string of the molecule is CC1CCC(CNc2cc(N)nc(C(C)C)n2)CC1. The molecule has 0 spiro atoms. The summed E-state index contributed by atoms with van der Waals surface area (Å²) < 4.78 is 0. The highest BCUT2D eigenvalue weighted by Gasteiger charge is 2.18. The quantitative estimate of drug-likeness (QED) is 0.872. The van der Waals surface area contributed by atoms with Gasteiger partial charge >= 0.3 is 0 Å². The topological polar surface area (TPSA) is 63.8 Å².